The standard InChI is InChI=1S/C16H21ClN2O2/c1-3-19(4-2)10-9-18-16(17)11-14(20)12-7-5-6-8-13(12)15(16)21/h5-8,18H,3-4,9-11H2,1-2H3. The highest BCUT2D eigenvalue weighted by molar-refractivity contribution is 6.41. The van der Waals surface area contributed by atoms with Crippen molar-refractivity contribution < 1.29 is 9.59 Å². The minimum atomic E-state index is -1.31. The van der Waals surface area contributed by atoms with E-state index in [-0.39, 0.29) is 18.0 Å². The molecule has 0 amide bonds. The van der Waals surface area contributed by atoms with Crippen molar-refractivity contribution in [1.29, 1.82) is 0 Å². The van der Waals surface area contributed by atoms with E-state index < -0.39 is 5.00 Å². The molecule has 1 aliphatic carbocycles. The molecule has 5 heteroatoms. The van der Waals surface area contributed by atoms with Gasteiger partial charge in [-0.05, 0) is 13.1 Å². The van der Waals surface area contributed by atoms with Gasteiger partial charge in [0.1, 0.15) is 0 Å². The Hall–Kier alpha value is -1.23. The van der Waals surface area contributed by atoms with Gasteiger partial charge in [-0.3, -0.25) is 14.9 Å². The van der Waals surface area contributed by atoms with E-state index >= 15 is 0 Å². The van der Waals surface area contributed by atoms with Crippen LogP contribution in [0, 0.1) is 0 Å². The number of likely N-dealkylation sites (N-methyl/N-ethyl adjacent to an activating group) is 1. The number of alkyl halides is 1. The topological polar surface area (TPSA) is 49.4 Å². The Kier molecular flexibility index (Phi) is 5.14. The Morgan fingerprint density at radius 3 is 2.43 bits per heavy atom. The predicted molar refractivity (Wildman–Crippen MR) is 84.1 cm³/mol. The minimum absolute atomic E-state index is 0.00263. The quantitative estimate of drug-likeness (QED) is 0.647. The molecule has 2 rings (SSSR count). The first-order valence-electron chi connectivity index (χ1n) is 7.35. The van der Waals surface area contributed by atoms with E-state index in [2.05, 4.69) is 24.1 Å². The molecule has 1 aromatic rings. The van der Waals surface area contributed by atoms with Crippen molar-refractivity contribution in [2.45, 2.75) is 25.3 Å². The third-order valence-electron chi connectivity index (χ3n) is 3.96. The zero-order valence-electron chi connectivity index (χ0n) is 12.5. The van der Waals surface area contributed by atoms with Gasteiger partial charge >= 0.3 is 0 Å². The molecule has 0 saturated carbocycles. The minimum Gasteiger partial charge on any atom is -0.303 e. The summed E-state index contributed by atoms with van der Waals surface area (Å²) in [6, 6.07) is 6.86. The van der Waals surface area contributed by atoms with Gasteiger partial charge in [0.25, 0.3) is 0 Å². The lowest BCUT2D eigenvalue weighted by Gasteiger charge is -2.32. The van der Waals surface area contributed by atoms with Crippen LogP contribution in [0.15, 0.2) is 24.3 Å². The first-order valence-corrected chi connectivity index (χ1v) is 7.73. The molecule has 1 aliphatic rings. The van der Waals surface area contributed by atoms with Crippen molar-refractivity contribution in [3.63, 3.8) is 0 Å². The number of benzene rings is 1. The van der Waals surface area contributed by atoms with Crippen LogP contribution in [-0.2, 0) is 0 Å². The molecule has 0 aliphatic heterocycles. The smallest absolute Gasteiger partial charge is 0.199 e. The van der Waals surface area contributed by atoms with Gasteiger partial charge in [0.05, 0.1) is 6.42 Å². The summed E-state index contributed by atoms with van der Waals surface area (Å²) >= 11 is 6.42. The van der Waals surface area contributed by atoms with E-state index in [9.17, 15) is 9.59 Å². The highest BCUT2D eigenvalue weighted by Gasteiger charge is 2.44. The van der Waals surface area contributed by atoms with Gasteiger partial charge in [-0.25, -0.2) is 0 Å². The second kappa shape index (κ2) is 6.69. The lowest BCUT2D eigenvalue weighted by atomic mass is 9.85. The number of halogens is 1. The molecule has 1 unspecified atom stereocenters. The zero-order valence-corrected chi connectivity index (χ0v) is 13.2. The lowest BCUT2D eigenvalue weighted by Crippen LogP contribution is -2.53. The van der Waals surface area contributed by atoms with Crippen LogP contribution in [0.25, 0.3) is 0 Å². The van der Waals surface area contributed by atoms with Gasteiger partial charge in [0.15, 0.2) is 16.6 Å². The highest BCUT2D eigenvalue weighted by atomic mass is 35.5. The molecule has 4 nitrogen and oxygen atoms in total. The molecule has 114 valence electrons. The van der Waals surface area contributed by atoms with Crippen molar-refractivity contribution >= 4 is 23.2 Å². The summed E-state index contributed by atoms with van der Waals surface area (Å²) < 4.78 is 0. The largest absolute Gasteiger partial charge is 0.303 e. The maximum Gasteiger partial charge on any atom is 0.199 e. The number of ketones is 2. The van der Waals surface area contributed by atoms with E-state index in [1.165, 1.54) is 0 Å². The molecule has 0 radical (unpaired) electrons. The van der Waals surface area contributed by atoms with Gasteiger partial charge < -0.3 is 4.90 Å². The molecule has 0 aromatic heterocycles. The molecule has 0 heterocycles. The van der Waals surface area contributed by atoms with Crippen LogP contribution in [0.3, 0.4) is 0 Å². The van der Waals surface area contributed by atoms with Crippen molar-refractivity contribution in [1.82, 2.24) is 10.2 Å². The third kappa shape index (κ3) is 3.34. The van der Waals surface area contributed by atoms with E-state index in [0.29, 0.717) is 17.7 Å². The summed E-state index contributed by atoms with van der Waals surface area (Å²) in [7, 11) is 0. The average Bonchev–Trinajstić information content (AvgIpc) is 2.49. The lowest BCUT2D eigenvalue weighted by molar-refractivity contribution is 0.0819. The molecule has 1 atom stereocenters. The predicted octanol–water partition coefficient (Wildman–Crippen LogP) is 2.32. The Morgan fingerprint density at radius 1 is 1.19 bits per heavy atom. The summed E-state index contributed by atoms with van der Waals surface area (Å²) in [6.45, 7) is 7.44. The number of Topliss-reactive ketones (excluding diaryl/α,β-unsaturated/α-hetero) is 2. The van der Waals surface area contributed by atoms with Gasteiger partial charge in [0, 0.05) is 24.2 Å². The number of carbonyl (C=O) groups is 2. The molecule has 1 N–H and O–H groups in total. The third-order valence-corrected chi connectivity index (χ3v) is 4.40. The molecule has 0 bridgehead atoms. The first-order chi connectivity index (χ1) is 10.0. The van der Waals surface area contributed by atoms with Crippen LogP contribution in [-0.4, -0.2) is 47.6 Å². The summed E-state index contributed by atoms with van der Waals surface area (Å²) in [5, 5.41) is 3.07. The van der Waals surface area contributed by atoms with Crippen LogP contribution >= 0.6 is 11.6 Å². The maximum absolute atomic E-state index is 12.5. The molecular weight excluding hydrogens is 288 g/mol. The Labute approximate surface area is 130 Å². The number of hydrogen-bond acceptors (Lipinski definition) is 4. The molecule has 0 spiro atoms. The SMILES string of the molecule is CCN(CC)CCNC1(Cl)CC(=O)c2ccccc2C1=O. The maximum atomic E-state index is 12.5. The Morgan fingerprint density at radius 2 is 1.81 bits per heavy atom. The fourth-order valence-electron chi connectivity index (χ4n) is 2.63. The van der Waals surface area contributed by atoms with E-state index in [1.54, 1.807) is 24.3 Å². The highest BCUT2D eigenvalue weighted by Crippen LogP contribution is 2.31. The van der Waals surface area contributed by atoms with Crippen LogP contribution in [0.2, 0.25) is 0 Å². The molecular formula is C16H21ClN2O2. The normalized spacial score (nSPS) is 21.7. The van der Waals surface area contributed by atoms with Crippen LogP contribution in [0.4, 0.5) is 0 Å². The van der Waals surface area contributed by atoms with Crippen LogP contribution in [0.1, 0.15) is 41.0 Å². The number of rotatable bonds is 6. The number of nitrogens with zero attached hydrogens (tertiary/aromatic N) is 1. The zero-order chi connectivity index (χ0) is 15.5. The molecule has 21 heavy (non-hydrogen) atoms. The summed E-state index contributed by atoms with van der Waals surface area (Å²) in [5.41, 5.74) is 0.892. The summed E-state index contributed by atoms with van der Waals surface area (Å²) in [4.78, 5) is 25.6. The van der Waals surface area contributed by atoms with Crippen molar-refractivity contribution in [2.75, 3.05) is 26.2 Å². The number of nitrogens with one attached hydrogen (secondary N) is 1. The van der Waals surface area contributed by atoms with Crippen LogP contribution in [0.5, 0.6) is 0 Å². The fourth-order valence-corrected chi connectivity index (χ4v) is 2.95. The van der Waals surface area contributed by atoms with Crippen molar-refractivity contribution in [3.05, 3.63) is 35.4 Å². The van der Waals surface area contributed by atoms with E-state index in [4.69, 9.17) is 11.6 Å². The van der Waals surface area contributed by atoms with Gasteiger partial charge in [-0.15, -0.1) is 0 Å². The van der Waals surface area contributed by atoms with Gasteiger partial charge in [-0.2, -0.15) is 0 Å². The fraction of sp³-hybridized carbons (Fsp3) is 0.500. The second-order valence-corrected chi connectivity index (χ2v) is 5.87. The first kappa shape index (κ1) is 16.1. The monoisotopic (exact) mass is 308 g/mol. The average molecular weight is 309 g/mol. The molecule has 1 aromatic carbocycles. The van der Waals surface area contributed by atoms with Gasteiger partial charge in [0.2, 0.25) is 0 Å². The van der Waals surface area contributed by atoms with Crippen LogP contribution < -0.4 is 5.32 Å². The summed E-state index contributed by atoms with van der Waals surface area (Å²) in [6.07, 6.45) is 0.00263. The van der Waals surface area contributed by atoms with Crippen molar-refractivity contribution in [3.8, 4) is 0 Å². The number of fused-ring (bicyclic) bond motifs is 1. The Balaban J connectivity index is 2.10. The molecule has 0 saturated heterocycles. The van der Waals surface area contributed by atoms with Crippen molar-refractivity contribution in [2.24, 2.45) is 0 Å². The Bertz CT molecular complexity index is 543. The number of carbonyl (C=O) groups excluding carboxylic acids is 2. The second-order valence-electron chi connectivity index (χ2n) is 5.23. The van der Waals surface area contributed by atoms with E-state index in [0.717, 1.165) is 19.6 Å². The number of hydrogen-bond donors (Lipinski definition) is 1. The summed E-state index contributed by atoms with van der Waals surface area (Å²) in [5.74, 6) is -0.297. The molecule has 0 fully saturated rings. The van der Waals surface area contributed by atoms with E-state index in [1.807, 2.05) is 0 Å². The van der Waals surface area contributed by atoms with Gasteiger partial charge in [-0.1, -0.05) is 49.7 Å².